The lowest BCUT2D eigenvalue weighted by atomic mass is 9.93. The Balaban J connectivity index is 1.87. The first-order valence-electron chi connectivity index (χ1n) is 8.70. The summed E-state index contributed by atoms with van der Waals surface area (Å²) in [5.41, 5.74) is 0.328. The number of aromatic nitrogens is 2. The average Bonchev–Trinajstić information content (AvgIpc) is 2.59. The topological polar surface area (TPSA) is 49.3 Å². The molecule has 1 atom stereocenters. The molecule has 25 heavy (non-hydrogen) atoms. The molecule has 1 fully saturated rings. The molecule has 1 saturated heterocycles. The Hall–Kier alpha value is -2.24. The molecular weight excluding hydrogens is 319 g/mol. The summed E-state index contributed by atoms with van der Waals surface area (Å²) in [7, 11) is 1.87. The maximum Gasteiger partial charge on any atom is 0.227 e. The molecule has 0 radical (unpaired) electrons. The highest BCUT2D eigenvalue weighted by molar-refractivity contribution is 5.89. The number of hydrogen-bond acceptors (Lipinski definition) is 4. The van der Waals surface area contributed by atoms with E-state index in [1.54, 1.807) is 6.07 Å². The lowest BCUT2D eigenvalue weighted by Gasteiger charge is -2.40. The second-order valence-electron chi connectivity index (χ2n) is 7.77. The Morgan fingerprint density at radius 2 is 2.08 bits per heavy atom. The van der Waals surface area contributed by atoms with Crippen LogP contribution in [0, 0.1) is 11.2 Å². The van der Waals surface area contributed by atoms with E-state index in [0.29, 0.717) is 11.9 Å². The van der Waals surface area contributed by atoms with Crippen molar-refractivity contribution in [1.82, 2.24) is 14.9 Å². The quantitative estimate of drug-likeness (QED) is 0.839. The molecular formula is C19H25FN4O. The van der Waals surface area contributed by atoms with E-state index in [0.717, 1.165) is 30.7 Å². The number of carbonyl (C=O) groups excluding carboxylic acids is 1. The SMILES string of the molecule is CN(C(=O)C(C)(C)C)C1CCCN(c2ncnc3ccc(F)cc23)C1. The van der Waals surface area contributed by atoms with Crippen LogP contribution in [0.3, 0.4) is 0 Å². The minimum Gasteiger partial charge on any atom is -0.354 e. The minimum absolute atomic E-state index is 0.124. The highest BCUT2D eigenvalue weighted by Crippen LogP contribution is 2.28. The molecule has 0 spiro atoms. The molecule has 1 amide bonds. The number of piperidine rings is 1. The number of halogens is 1. The third-order valence-corrected chi connectivity index (χ3v) is 4.78. The molecule has 1 aromatic carbocycles. The van der Waals surface area contributed by atoms with Gasteiger partial charge in [0.05, 0.1) is 5.52 Å². The number of fused-ring (bicyclic) bond motifs is 1. The Bertz CT molecular complexity index is 787. The van der Waals surface area contributed by atoms with E-state index in [1.807, 2.05) is 32.7 Å². The van der Waals surface area contributed by atoms with Gasteiger partial charge >= 0.3 is 0 Å². The van der Waals surface area contributed by atoms with Crippen LogP contribution in [0.5, 0.6) is 0 Å². The molecule has 2 aromatic rings. The maximum absolute atomic E-state index is 13.7. The third kappa shape index (κ3) is 3.57. The van der Waals surface area contributed by atoms with Crippen LogP contribution in [-0.2, 0) is 4.79 Å². The van der Waals surface area contributed by atoms with Crippen molar-refractivity contribution >= 4 is 22.6 Å². The van der Waals surface area contributed by atoms with E-state index in [-0.39, 0.29) is 17.8 Å². The number of likely N-dealkylation sites (N-methyl/N-ethyl adjacent to an activating group) is 1. The van der Waals surface area contributed by atoms with Crippen LogP contribution >= 0.6 is 0 Å². The van der Waals surface area contributed by atoms with Crippen LogP contribution < -0.4 is 4.90 Å². The van der Waals surface area contributed by atoms with Gasteiger partial charge in [0.15, 0.2) is 0 Å². The van der Waals surface area contributed by atoms with Gasteiger partial charge in [-0.25, -0.2) is 14.4 Å². The van der Waals surface area contributed by atoms with Crippen LogP contribution in [0.4, 0.5) is 10.2 Å². The van der Waals surface area contributed by atoms with E-state index >= 15 is 0 Å². The summed E-state index contributed by atoms with van der Waals surface area (Å²) in [5.74, 6) is 0.584. The fraction of sp³-hybridized carbons (Fsp3) is 0.526. The molecule has 5 nitrogen and oxygen atoms in total. The van der Waals surface area contributed by atoms with Gasteiger partial charge in [-0.05, 0) is 31.0 Å². The van der Waals surface area contributed by atoms with Crippen molar-refractivity contribution in [3.8, 4) is 0 Å². The normalized spacial score (nSPS) is 18.4. The van der Waals surface area contributed by atoms with Crippen LogP contribution in [0.1, 0.15) is 33.6 Å². The van der Waals surface area contributed by atoms with Crippen molar-refractivity contribution in [2.75, 3.05) is 25.0 Å². The van der Waals surface area contributed by atoms with E-state index in [1.165, 1.54) is 18.5 Å². The Morgan fingerprint density at radius 1 is 1.32 bits per heavy atom. The summed E-state index contributed by atoms with van der Waals surface area (Å²) in [6.45, 7) is 7.35. The van der Waals surface area contributed by atoms with E-state index < -0.39 is 5.41 Å². The molecule has 134 valence electrons. The van der Waals surface area contributed by atoms with Gasteiger partial charge in [-0.15, -0.1) is 0 Å². The van der Waals surface area contributed by atoms with Crippen molar-refractivity contribution in [3.63, 3.8) is 0 Å². The van der Waals surface area contributed by atoms with Gasteiger partial charge in [0.1, 0.15) is 18.0 Å². The molecule has 0 bridgehead atoms. The van der Waals surface area contributed by atoms with Gasteiger partial charge in [-0.3, -0.25) is 4.79 Å². The second kappa shape index (κ2) is 6.58. The highest BCUT2D eigenvalue weighted by atomic mass is 19.1. The summed E-state index contributed by atoms with van der Waals surface area (Å²) in [6.07, 6.45) is 3.45. The number of hydrogen-bond donors (Lipinski definition) is 0. The Kier molecular flexibility index (Phi) is 4.62. The van der Waals surface area contributed by atoms with Crippen molar-refractivity contribution in [3.05, 3.63) is 30.3 Å². The van der Waals surface area contributed by atoms with Crippen molar-refractivity contribution < 1.29 is 9.18 Å². The smallest absolute Gasteiger partial charge is 0.227 e. The zero-order chi connectivity index (χ0) is 18.2. The fourth-order valence-electron chi connectivity index (χ4n) is 3.43. The minimum atomic E-state index is -0.401. The van der Waals surface area contributed by atoms with E-state index in [9.17, 15) is 9.18 Å². The number of carbonyl (C=O) groups is 1. The maximum atomic E-state index is 13.7. The first-order chi connectivity index (χ1) is 11.8. The van der Waals surface area contributed by atoms with Gasteiger partial charge in [-0.2, -0.15) is 0 Å². The molecule has 0 N–H and O–H groups in total. The number of anilines is 1. The van der Waals surface area contributed by atoms with Gasteiger partial charge < -0.3 is 9.80 Å². The Labute approximate surface area is 147 Å². The Morgan fingerprint density at radius 3 is 2.80 bits per heavy atom. The van der Waals surface area contributed by atoms with Crippen molar-refractivity contribution in [1.29, 1.82) is 0 Å². The van der Waals surface area contributed by atoms with Gasteiger partial charge in [-0.1, -0.05) is 20.8 Å². The third-order valence-electron chi connectivity index (χ3n) is 4.78. The van der Waals surface area contributed by atoms with E-state index in [2.05, 4.69) is 14.9 Å². The van der Waals surface area contributed by atoms with Gasteiger partial charge in [0.2, 0.25) is 5.91 Å². The van der Waals surface area contributed by atoms with E-state index in [4.69, 9.17) is 0 Å². The van der Waals surface area contributed by atoms with Crippen molar-refractivity contribution in [2.45, 2.75) is 39.7 Å². The molecule has 1 aliphatic heterocycles. The zero-order valence-electron chi connectivity index (χ0n) is 15.3. The second-order valence-corrected chi connectivity index (χ2v) is 7.77. The number of benzene rings is 1. The molecule has 3 rings (SSSR count). The van der Waals surface area contributed by atoms with Crippen LogP contribution in [-0.4, -0.2) is 47.0 Å². The molecule has 0 saturated carbocycles. The summed E-state index contributed by atoms with van der Waals surface area (Å²) in [6, 6.07) is 4.69. The lowest BCUT2D eigenvalue weighted by molar-refractivity contribution is -0.140. The highest BCUT2D eigenvalue weighted by Gasteiger charge is 2.32. The van der Waals surface area contributed by atoms with Crippen LogP contribution in [0.25, 0.3) is 10.9 Å². The first-order valence-corrected chi connectivity index (χ1v) is 8.70. The molecule has 1 aromatic heterocycles. The molecule has 1 aliphatic rings. The monoisotopic (exact) mass is 344 g/mol. The molecule has 0 aliphatic carbocycles. The predicted octanol–water partition coefficient (Wildman–Crippen LogP) is 3.24. The molecule has 6 heteroatoms. The zero-order valence-corrected chi connectivity index (χ0v) is 15.3. The summed E-state index contributed by atoms with van der Waals surface area (Å²) >= 11 is 0. The lowest BCUT2D eigenvalue weighted by Crippen LogP contribution is -2.51. The van der Waals surface area contributed by atoms with Gasteiger partial charge in [0.25, 0.3) is 0 Å². The van der Waals surface area contributed by atoms with Crippen LogP contribution in [0.2, 0.25) is 0 Å². The molecule has 2 heterocycles. The summed E-state index contributed by atoms with van der Waals surface area (Å²) < 4.78 is 13.7. The van der Waals surface area contributed by atoms with Crippen molar-refractivity contribution in [2.24, 2.45) is 5.41 Å². The number of rotatable bonds is 2. The summed E-state index contributed by atoms with van der Waals surface area (Å²) in [4.78, 5) is 25.2. The number of nitrogens with zero attached hydrogens (tertiary/aromatic N) is 4. The predicted molar refractivity (Wildman–Crippen MR) is 97.0 cm³/mol. The average molecular weight is 344 g/mol. The molecule has 1 unspecified atom stereocenters. The van der Waals surface area contributed by atoms with Gasteiger partial charge in [0, 0.05) is 37.0 Å². The first kappa shape index (κ1) is 17.6. The summed E-state index contributed by atoms with van der Waals surface area (Å²) in [5, 5.41) is 0.716. The van der Waals surface area contributed by atoms with Crippen LogP contribution in [0.15, 0.2) is 24.5 Å². The number of amides is 1. The largest absolute Gasteiger partial charge is 0.354 e. The standard InChI is InChI=1S/C19H25FN4O/c1-19(2,3)18(25)23(4)14-6-5-9-24(11-14)17-15-10-13(20)7-8-16(15)21-12-22-17/h7-8,10,12,14H,5-6,9,11H2,1-4H3. The fourth-order valence-corrected chi connectivity index (χ4v) is 3.43.